The molecule has 1 saturated heterocycles. The van der Waals surface area contributed by atoms with E-state index in [2.05, 4.69) is 27.8 Å². The van der Waals surface area contributed by atoms with Crippen LogP contribution in [0.1, 0.15) is 5.76 Å². The first-order valence-electron chi connectivity index (χ1n) is 10.8. The normalized spacial score (nSPS) is 15.9. The van der Waals surface area contributed by atoms with E-state index < -0.39 is 34.2 Å². The quantitative estimate of drug-likeness (QED) is 0.414. The minimum absolute atomic E-state index is 0.197. The van der Waals surface area contributed by atoms with Gasteiger partial charge in [0.25, 0.3) is 10.0 Å². The molecule has 2 aromatic carbocycles. The van der Waals surface area contributed by atoms with Crippen LogP contribution in [0.3, 0.4) is 0 Å². The van der Waals surface area contributed by atoms with Crippen molar-refractivity contribution in [2.75, 3.05) is 44.4 Å². The number of sulfonamides is 1. The van der Waals surface area contributed by atoms with Gasteiger partial charge in [0.15, 0.2) is 4.91 Å². The maximum Gasteiger partial charge on any atom is 0.250 e. The third-order valence-electron chi connectivity index (χ3n) is 5.50. The highest BCUT2D eigenvalue weighted by molar-refractivity contribution is 7.93. The Labute approximate surface area is 197 Å². The fourth-order valence-corrected chi connectivity index (χ4v) is 4.60. The number of fused-ring (bicyclic) bond motifs is 1. The molecule has 0 spiro atoms. The Balaban J connectivity index is 1.54. The summed E-state index contributed by atoms with van der Waals surface area (Å²) >= 11 is 0. The Bertz CT molecular complexity index is 1340. The molecule has 34 heavy (non-hydrogen) atoms. The number of anilines is 1. The van der Waals surface area contributed by atoms with Gasteiger partial charge in [0, 0.05) is 37.0 Å². The van der Waals surface area contributed by atoms with Gasteiger partial charge in [-0.1, -0.05) is 18.2 Å². The van der Waals surface area contributed by atoms with Crippen molar-refractivity contribution in [3.63, 3.8) is 0 Å². The number of aliphatic hydroxyl groups is 2. The summed E-state index contributed by atoms with van der Waals surface area (Å²) in [5.74, 6) is 0.728. The Morgan fingerprint density at radius 2 is 1.88 bits per heavy atom. The predicted molar refractivity (Wildman–Crippen MR) is 128 cm³/mol. The number of allylic oxidation sites excluding steroid dienone is 1. The van der Waals surface area contributed by atoms with Crippen LogP contribution in [0.4, 0.5) is 5.69 Å². The zero-order valence-electron chi connectivity index (χ0n) is 18.3. The van der Waals surface area contributed by atoms with Crippen LogP contribution in [0.25, 0.3) is 28.2 Å². The summed E-state index contributed by atoms with van der Waals surface area (Å²) in [5, 5.41) is 29.6. The number of nitriles is 1. The zero-order chi connectivity index (χ0) is 24.1. The highest BCUT2D eigenvalue weighted by Gasteiger charge is 2.20. The van der Waals surface area contributed by atoms with Crippen molar-refractivity contribution >= 4 is 32.6 Å². The van der Waals surface area contributed by atoms with Crippen LogP contribution < -0.4 is 9.62 Å². The van der Waals surface area contributed by atoms with Gasteiger partial charge in [0.1, 0.15) is 17.6 Å². The molecule has 1 aromatic heterocycles. The molecule has 0 bridgehead atoms. The van der Waals surface area contributed by atoms with Crippen LogP contribution in [0.15, 0.2) is 57.9 Å². The molecule has 0 radical (unpaired) electrons. The lowest BCUT2D eigenvalue weighted by Gasteiger charge is -2.29. The molecule has 0 saturated carbocycles. The molecule has 0 aliphatic carbocycles. The van der Waals surface area contributed by atoms with E-state index in [0.717, 1.165) is 54.4 Å². The smallest absolute Gasteiger partial charge is 0.250 e. The van der Waals surface area contributed by atoms with Crippen molar-refractivity contribution in [1.82, 2.24) is 4.72 Å². The third kappa shape index (κ3) is 5.47. The van der Waals surface area contributed by atoms with Crippen LogP contribution in [-0.2, 0) is 14.8 Å². The second-order valence-electron chi connectivity index (χ2n) is 7.86. The summed E-state index contributed by atoms with van der Waals surface area (Å²) in [6, 6.07) is 17.1. The first-order valence-corrected chi connectivity index (χ1v) is 12.2. The lowest BCUT2D eigenvalue weighted by atomic mass is 10.0. The lowest BCUT2D eigenvalue weighted by molar-refractivity contribution is 0.0989. The van der Waals surface area contributed by atoms with Crippen LogP contribution >= 0.6 is 0 Å². The molecule has 1 aliphatic rings. The Hall–Kier alpha value is -3.20. The molecule has 9 nitrogen and oxygen atoms in total. The molecular formula is C24H25N3O6S. The molecule has 1 unspecified atom stereocenters. The summed E-state index contributed by atoms with van der Waals surface area (Å²) in [5.41, 5.74) is 1.97. The van der Waals surface area contributed by atoms with E-state index in [4.69, 9.17) is 14.3 Å². The summed E-state index contributed by atoms with van der Waals surface area (Å²) in [6.45, 7) is 2.17. The van der Waals surface area contributed by atoms with Gasteiger partial charge in [-0.15, -0.1) is 0 Å². The van der Waals surface area contributed by atoms with Crippen molar-refractivity contribution in [2.45, 2.75) is 6.10 Å². The second-order valence-corrected chi connectivity index (χ2v) is 9.59. The fraction of sp³-hybridized carbons (Fsp3) is 0.292. The van der Waals surface area contributed by atoms with Crippen LogP contribution in [0.2, 0.25) is 0 Å². The van der Waals surface area contributed by atoms with E-state index in [-0.39, 0.29) is 5.76 Å². The minimum Gasteiger partial charge on any atom is -0.457 e. The topological polar surface area (TPSA) is 136 Å². The van der Waals surface area contributed by atoms with E-state index in [9.17, 15) is 18.8 Å². The summed E-state index contributed by atoms with van der Waals surface area (Å²) in [6.07, 6.45) is -0.143. The van der Waals surface area contributed by atoms with Crippen molar-refractivity contribution in [1.29, 1.82) is 5.26 Å². The molecule has 3 aromatic rings. The maximum absolute atomic E-state index is 12.3. The molecule has 178 valence electrons. The summed E-state index contributed by atoms with van der Waals surface area (Å²) in [4.78, 5) is 1.73. The number of ether oxygens (including phenoxy) is 1. The van der Waals surface area contributed by atoms with Gasteiger partial charge in [-0.25, -0.2) is 13.1 Å². The fourth-order valence-electron chi connectivity index (χ4n) is 3.64. The van der Waals surface area contributed by atoms with E-state index in [1.54, 1.807) is 18.2 Å². The van der Waals surface area contributed by atoms with E-state index in [0.29, 0.717) is 5.76 Å². The SMILES string of the molecule is N#C/C(=C\c1ccc(-c2ccc3cc(N4CCOCC4)ccc3c2)o1)S(=O)(=O)NCC(O)CO. The number of furan rings is 1. The number of nitrogens with one attached hydrogen (secondary N) is 1. The monoisotopic (exact) mass is 483 g/mol. The highest BCUT2D eigenvalue weighted by Crippen LogP contribution is 2.29. The zero-order valence-corrected chi connectivity index (χ0v) is 19.2. The molecule has 2 heterocycles. The molecule has 3 N–H and O–H groups in total. The molecule has 1 fully saturated rings. The molecule has 1 atom stereocenters. The Kier molecular flexibility index (Phi) is 7.31. The number of aliphatic hydroxyl groups excluding tert-OH is 2. The molecule has 0 amide bonds. The van der Waals surface area contributed by atoms with Crippen LogP contribution in [0.5, 0.6) is 0 Å². The average molecular weight is 484 g/mol. The van der Waals surface area contributed by atoms with Gasteiger partial charge in [-0.2, -0.15) is 5.26 Å². The second kappa shape index (κ2) is 10.4. The van der Waals surface area contributed by atoms with Crippen molar-refractivity contribution in [3.05, 3.63) is 59.2 Å². The standard InChI is InChI=1S/C24H25N3O6S/c25-14-23(34(30,31)26-15-21(29)16-28)13-22-5-6-24(33-22)19-2-1-18-12-20(4-3-17(18)11-19)27-7-9-32-10-8-27/h1-6,11-13,21,26,28-29H,7-10,15-16H2/b23-13+. The van der Waals surface area contributed by atoms with Crippen molar-refractivity contribution in [3.8, 4) is 17.4 Å². The minimum atomic E-state index is -4.17. The van der Waals surface area contributed by atoms with Gasteiger partial charge in [0.05, 0.1) is 25.9 Å². The highest BCUT2D eigenvalue weighted by atomic mass is 32.2. The maximum atomic E-state index is 12.3. The van der Waals surface area contributed by atoms with Gasteiger partial charge in [-0.3, -0.25) is 0 Å². The predicted octanol–water partition coefficient (Wildman–Crippen LogP) is 2.07. The first-order chi connectivity index (χ1) is 16.4. The van der Waals surface area contributed by atoms with Crippen molar-refractivity contribution < 1.29 is 27.8 Å². The number of rotatable bonds is 8. The van der Waals surface area contributed by atoms with E-state index in [1.165, 1.54) is 0 Å². The largest absolute Gasteiger partial charge is 0.457 e. The van der Waals surface area contributed by atoms with Gasteiger partial charge in [0.2, 0.25) is 0 Å². The van der Waals surface area contributed by atoms with Gasteiger partial charge < -0.3 is 24.3 Å². The number of benzene rings is 2. The summed E-state index contributed by atoms with van der Waals surface area (Å²) in [7, 11) is -4.17. The molecule has 4 rings (SSSR count). The first kappa shape index (κ1) is 23.9. The Morgan fingerprint density at radius 3 is 2.62 bits per heavy atom. The third-order valence-corrected chi connectivity index (χ3v) is 6.84. The van der Waals surface area contributed by atoms with Crippen LogP contribution in [-0.4, -0.2) is 64.2 Å². The number of hydrogen-bond acceptors (Lipinski definition) is 8. The molecule has 10 heteroatoms. The lowest BCUT2D eigenvalue weighted by Crippen LogP contribution is -2.36. The van der Waals surface area contributed by atoms with E-state index >= 15 is 0 Å². The molecular weight excluding hydrogens is 458 g/mol. The molecule has 1 aliphatic heterocycles. The van der Waals surface area contributed by atoms with Crippen LogP contribution in [0, 0.1) is 11.3 Å². The van der Waals surface area contributed by atoms with Gasteiger partial charge in [-0.05, 0) is 41.1 Å². The Morgan fingerprint density at radius 1 is 1.15 bits per heavy atom. The summed E-state index contributed by atoms with van der Waals surface area (Å²) < 4.78 is 37.9. The van der Waals surface area contributed by atoms with E-state index in [1.807, 2.05) is 18.2 Å². The number of hydrogen-bond donors (Lipinski definition) is 3. The van der Waals surface area contributed by atoms with Crippen molar-refractivity contribution in [2.24, 2.45) is 0 Å². The number of nitrogens with zero attached hydrogens (tertiary/aromatic N) is 2. The number of morpholine rings is 1. The average Bonchev–Trinajstić information content (AvgIpc) is 3.34. The van der Waals surface area contributed by atoms with Gasteiger partial charge >= 0.3 is 0 Å².